The first-order valence-corrected chi connectivity index (χ1v) is 10.4. The molecule has 4 amide bonds. The summed E-state index contributed by atoms with van der Waals surface area (Å²) < 4.78 is 8.35. The summed E-state index contributed by atoms with van der Waals surface area (Å²) in [6.45, 7) is 1.32. The predicted molar refractivity (Wildman–Crippen MR) is 113 cm³/mol. The largest absolute Gasteiger partial charge is 0.383 e. The molecule has 0 saturated carbocycles. The molecule has 3 aromatic rings. The molecular formula is C21H22N6O5. The van der Waals surface area contributed by atoms with Crippen molar-refractivity contribution in [1.29, 1.82) is 0 Å². The highest BCUT2D eigenvalue weighted by atomic mass is 16.5. The number of rotatable bonds is 5. The number of imide groups is 1. The molecule has 11 heteroatoms. The van der Waals surface area contributed by atoms with Crippen LogP contribution in [0.15, 0.2) is 35.3 Å². The minimum Gasteiger partial charge on any atom is -0.383 e. The Balaban J connectivity index is 1.53. The Morgan fingerprint density at radius 2 is 2.12 bits per heavy atom. The van der Waals surface area contributed by atoms with Gasteiger partial charge in [-0.2, -0.15) is 0 Å². The van der Waals surface area contributed by atoms with Crippen molar-refractivity contribution in [3.05, 3.63) is 46.5 Å². The summed E-state index contributed by atoms with van der Waals surface area (Å²) in [7, 11) is 1.56. The molecule has 2 fully saturated rings. The van der Waals surface area contributed by atoms with Crippen molar-refractivity contribution < 1.29 is 19.1 Å². The second-order valence-electron chi connectivity index (χ2n) is 7.87. The van der Waals surface area contributed by atoms with Gasteiger partial charge in [-0.3, -0.25) is 23.7 Å². The summed E-state index contributed by atoms with van der Waals surface area (Å²) in [5.41, 5.74) is 0.983. The van der Waals surface area contributed by atoms with Crippen molar-refractivity contribution in [2.45, 2.75) is 19.0 Å². The van der Waals surface area contributed by atoms with E-state index in [1.807, 2.05) is 0 Å². The molecule has 0 spiro atoms. The van der Waals surface area contributed by atoms with Crippen LogP contribution in [0.4, 0.5) is 4.79 Å². The molecule has 0 bridgehead atoms. The third-order valence-corrected chi connectivity index (χ3v) is 6.01. The number of nitrogens with one attached hydrogen (secondary N) is 1. The quantitative estimate of drug-likeness (QED) is 0.563. The highest BCUT2D eigenvalue weighted by molar-refractivity contribution is 6.02. The zero-order chi connectivity index (χ0) is 22.4. The van der Waals surface area contributed by atoms with Crippen LogP contribution >= 0.6 is 0 Å². The third kappa shape index (κ3) is 3.12. The third-order valence-electron chi connectivity index (χ3n) is 6.01. The smallest absolute Gasteiger partial charge is 0.324 e. The van der Waals surface area contributed by atoms with Crippen LogP contribution in [0.3, 0.4) is 0 Å². The minimum absolute atomic E-state index is 0.0162. The van der Waals surface area contributed by atoms with Crippen LogP contribution in [0.2, 0.25) is 0 Å². The van der Waals surface area contributed by atoms with Crippen LogP contribution in [-0.2, 0) is 16.1 Å². The van der Waals surface area contributed by atoms with E-state index < -0.39 is 6.03 Å². The van der Waals surface area contributed by atoms with Gasteiger partial charge in [-0.1, -0.05) is 6.07 Å². The van der Waals surface area contributed by atoms with Crippen LogP contribution in [-0.4, -0.2) is 81.0 Å². The lowest BCUT2D eigenvalue weighted by Crippen LogP contribution is -2.43. The molecule has 1 atom stereocenters. The second-order valence-corrected chi connectivity index (χ2v) is 7.87. The molecule has 2 aliphatic rings. The van der Waals surface area contributed by atoms with E-state index in [0.717, 1.165) is 0 Å². The van der Waals surface area contributed by atoms with Gasteiger partial charge in [-0.25, -0.2) is 9.78 Å². The fourth-order valence-electron chi connectivity index (χ4n) is 4.44. The van der Waals surface area contributed by atoms with E-state index in [9.17, 15) is 19.2 Å². The van der Waals surface area contributed by atoms with E-state index in [0.29, 0.717) is 48.5 Å². The molecule has 166 valence electrons. The molecule has 2 aliphatic heterocycles. The Labute approximate surface area is 182 Å². The number of likely N-dealkylation sites (tertiary alicyclic amines) is 1. The van der Waals surface area contributed by atoms with Crippen molar-refractivity contribution >= 4 is 34.5 Å². The zero-order valence-electron chi connectivity index (χ0n) is 17.5. The molecule has 5 heterocycles. The minimum atomic E-state index is -0.424. The molecule has 1 N–H and O–H groups in total. The molecule has 11 nitrogen and oxygen atoms in total. The van der Waals surface area contributed by atoms with Gasteiger partial charge in [0, 0.05) is 32.9 Å². The highest BCUT2D eigenvalue weighted by Gasteiger charge is 2.40. The number of aromatic nitrogens is 3. The molecule has 0 radical (unpaired) electrons. The standard InChI is InChI=1S/C21H22N6O5/c1-32-9-8-25-15(10-14-18(25)23-16-4-2-3-6-26(16)19(14)29)20(30)24-7-5-13(12-24)27-17(28)11-22-21(27)31/h2-4,6,10,13H,5,7-9,11-12H2,1H3,(H,22,31). The van der Waals surface area contributed by atoms with Crippen molar-refractivity contribution in [1.82, 2.24) is 29.1 Å². The Kier molecular flexibility index (Phi) is 4.89. The van der Waals surface area contributed by atoms with Crippen molar-refractivity contribution in [3.8, 4) is 0 Å². The maximum absolute atomic E-state index is 13.5. The van der Waals surface area contributed by atoms with Gasteiger partial charge >= 0.3 is 6.03 Å². The van der Waals surface area contributed by atoms with E-state index in [-0.39, 0.29) is 36.5 Å². The van der Waals surface area contributed by atoms with Crippen molar-refractivity contribution in [3.63, 3.8) is 0 Å². The van der Waals surface area contributed by atoms with Crippen molar-refractivity contribution in [2.24, 2.45) is 0 Å². The monoisotopic (exact) mass is 438 g/mol. The highest BCUT2D eigenvalue weighted by Crippen LogP contribution is 2.23. The summed E-state index contributed by atoms with van der Waals surface area (Å²) in [5.74, 6) is -0.561. The van der Waals surface area contributed by atoms with Gasteiger partial charge in [0.15, 0.2) is 0 Å². The number of hydrogen-bond donors (Lipinski definition) is 1. The maximum Gasteiger partial charge on any atom is 0.324 e. The van der Waals surface area contributed by atoms with E-state index >= 15 is 0 Å². The first-order valence-electron chi connectivity index (χ1n) is 10.4. The number of carbonyl (C=O) groups is 3. The van der Waals surface area contributed by atoms with Gasteiger partial charge in [0.05, 0.1) is 24.6 Å². The van der Waals surface area contributed by atoms with Gasteiger partial charge < -0.3 is 19.5 Å². The van der Waals surface area contributed by atoms with Gasteiger partial charge in [-0.05, 0) is 24.6 Å². The summed E-state index contributed by atoms with van der Waals surface area (Å²) in [6, 6.07) is 6.06. The van der Waals surface area contributed by atoms with E-state index in [1.54, 1.807) is 47.0 Å². The van der Waals surface area contributed by atoms with E-state index in [2.05, 4.69) is 10.3 Å². The van der Waals surface area contributed by atoms with Gasteiger partial charge in [0.2, 0.25) is 5.91 Å². The number of methoxy groups -OCH3 is 1. The number of pyridine rings is 1. The second kappa shape index (κ2) is 7.75. The van der Waals surface area contributed by atoms with Crippen LogP contribution in [0.5, 0.6) is 0 Å². The molecule has 2 saturated heterocycles. The van der Waals surface area contributed by atoms with Gasteiger partial charge in [0.25, 0.3) is 11.5 Å². The number of hydrogen-bond acceptors (Lipinski definition) is 6. The average molecular weight is 438 g/mol. The number of ether oxygens (including phenoxy) is 1. The maximum atomic E-state index is 13.5. The van der Waals surface area contributed by atoms with Crippen molar-refractivity contribution in [2.75, 3.05) is 33.4 Å². The van der Waals surface area contributed by atoms with Crippen LogP contribution in [0.25, 0.3) is 16.7 Å². The zero-order valence-corrected chi connectivity index (χ0v) is 17.5. The van der Waals surface area contributed by atoms with Crippen LogP contribution < -0.4 is 10.9 Å². The number of nitrogens with zero attached hydrogens (tertiary/aromatic N) is 5. The van der Waals surface area contributed by atoms with E-state index in [4.69, 9.17) is 4.74 Å². The summed E-state index contributed by atoms with van der Waals surface area (Å²) in [6.07, 6.45) is 2.15. The van der Waals surface area contributed by atoms with Crippen LogP contribution in [0.1, 0.15) is 16.9 Å². The Bertz CT molecular complexity index is 1300. The Morgan fingerprint density at radius 1 is 1.28 bits per heavy atom. The average Bonchev–Trinajstić information content (AvgIpc) is 3.49. The molecule has 32 heavy (non-hydrogen) atoms. The molecule has 5 rings (SSSR count). The summed E-state index contributed by atoms with van der Waals surface area (Å²) >= 11 is 0. The SMILES string of the molecule is COCCn1c(C(=O)N2CCC(N3C(=O)CNC3=O)C2)cc2c(=O)n3ccccc3nc21. The Hall–Kier alpha value is -3.73. The lowest BCUT2D eigenvalue weighted by atomic mass is 10.2. The number of urea groups is 1. The predicted octanol–water partition coefficient (Wildman–Crippen LogP) is 0.0619. The Morgan fingerprint density at radius 3 is 2.88 bits per heavy atom. The van der Waals surface area contributed by atoms with Gasteiger partial charge in [0.1, 0.15) is 17.0 Å². The molecule has 3 aromatic heterocycles. The van der Waals surface area contributed by atoms with E-state index in [1.165, 1.54) is 9.30 Å². The first-order chi connectivity index (χ1) is 15.5. The van der Waals surface area contributed by atoms with Gasteiger partial charge in [-0.15, -0.1) is 0 Å². The molecule has 0 aromatic carbocycles. The molecule has 0 aliphatic carbocycles. The molecular weight excluding hydrogens is 416 g/mol. The lowest BCUT2D eigenvalue weighted by Gasteiger charge is -2.22. The topological polar surface area (TPSA) is 118 Å². The normalized spacial score (nSPS) is 18.8. The first kappa shape index (κ1) is 20.2. The number of fused-ring (bicyclic) bond motifs is 2. The van der Waals surface area contributed by atoms with Crippen LogP contribution in [0, 0.1) is 0 Å². The number of amides is 4. The number of carbonyl (C=O) groups excluding carboxylic acids is 3. The molecule has 1 unspecified atom stereocenters. The lowest BCUT2D eigenvalue weighted by molar-refractivity contribution is -0.126. The summed E-state index contributed by atoms with van der Waals surface area (Å²) in [4.78, 5) is 57.9. The fourth-order valence-corrected chi connectivity index (χ4v) is 4.44. The fraction of sp³-hybridized carbons (Fsp3) is 0.381. The summed E-state index contributed by atoms with van der Waals surface area (Å²) in [5, 5.41) is 2.86.